The van der Waals surface area contributed by atoms with Crippen LogP contribution >= 0.6 is 0 Å². The molecular weight excluding hydrogens is 455 g/mol. The highest BCUT2D eigenvalue weighted by Crippen LogP contribution is 2.30. The molecule has 4 aromatic rings. The number of aromatic nitrogens is 4. The maximum Gasteiger partial charge on any atom is 0.416 e. The molecule has 0 aliphatic rings. The van der Waals surface area contributed by atoms with Crippen molar-refractivity contribution in [3.63, 3.8) is 0 Å². The fraction of sp³-hybridized carbons (Fsp3) is 0.0909. The van der Waals surface area contributed by atoms with Gasteiger partial charge in [-0.3, -0.25) is 4.68 Å². The Balaban J connectivity index is 1.62. The topological polar surface area (TPSA) is 95.8 Å². The maximum atomic E-state index is 12.8. The molecule has 0 spiro atoms. The molecule has 7 nitrogen and oxygen atoms in total. The molecule has 2 heterocycles. The van der Waals surface area contributed by atoms with E-state index in [1.54, 1.807) is 42.5 Å². The van der Waals surface area contributed by atoms with E-state index in [1.165, 1.54) is 28.9 Å². The predicted octanol–water partition coefficient (Wildman–Crippen LogP) is 3.34. The third kappa shape index (κ3) is 4.82. The summed E-state index contributed by atoms with van der Waals surface area (Å²) in [5.74, 6) is 5.95. The molecule has 168 valence electrons. The fourth-order valence-corrected chi connectivity index (χ4v) is 3.64. The molecule has 4 rings (SSSR count). The highest BCUT2D eigenvalue weighted by Gasteiger charge is 2.30. The van der Waals surface area contributed by atoms with E-state index in [-0.39, 0.29) is 4.90 Å². The van der Waals surface area contributed by atoms with E-state index in [4.69, 9.17) is 5.14 Å². The zero-order valence-corrected chi connectivity index (χ0v) is 17.9. The SMILES string of the molecule is Cn1ncc(C#Cc2ccc(S(N)(=O)=O)cc2)c1-c1cnn(-c2ccc(C(F)(F)F)cc2)c1. The lowest BCUT2D eigenvalue weighted by atomic mass is 10.1. The normalized spacial score (nSPS) is 11.8. The molecule has 0 fully saturated rings. The minimum absolute atomic E-state index is 0.00852. The summed E-state index contributed by atoms with van der Waals surface area (Å²) in [6, 6.07) is 10.5. The van der Waals surface area contributed by atoms with Gasteiger partial charge in [-0.05, 0) is 48.5 Å². The van der Waals surface area contributed by atoms with Gasteiger partial charge in [0, 0.05) is 24.4 Å². The lowest BCUT2D eigenvalue weighted by Crippen LogP contribution is -2.11. The first-order valence-electron chi connectivity index (χ1n) is 9.42. The number of halogens is 3. The van der Waals surface area contributed by atoms with Crippen LogP contribution in [-0.4, -0.2) is 28.0 Å². The lowest BCUT2D eigenvalue weighted by Gasteiger charge is -2.07. The Bertz CT molecular complexity index is 1470. The van der Waals surface area contributed by atoms with Crippen molar-refractivity contribution in [2.24, 2.45) is 12.2 Å². The van der Waals surface area contributed by atoms with Gasteiger partial charge in [0.2, 0.25) is 10.0 Å². The molecule has 2 aromatic carbocycles. The van der Waals surface area contributed by atoms with Crippen LogP contribution in [0.3, 0.4) is 0 Å². The summed E-state index contributed by atoms with van der Waals surface area (Å²) >= 11 is 0. The van der Waals surface area contributed by atoms with Crippen LogP contribution in [-0.2, 0) is 23.2 Å². The number of nitrogens with zero attached hydrogens (tertiary/aromatic N) is 4. The average molecular weight is 471 g/mol. The van der Waals surface area contributed by atoms with Crippen molar-refractivity contribution in [3.8, 4) is 28.8 Å². The maximum absolute atomic E-state index is 12.8. The van der Waals surface area contributed by atoms with Crippen LogP contribution in [0.5, 0.6) is 0 Å². The Morgan fingerprint density at radius 1 is 0.939 bits per heavy atom. The minimum Gasteiger partial charge on any atom is -0.267 e. The van der Waals surface area contributed by atoms with Gasteiger partial charge in [0.05, 0.1) is 39.8 Å². The monoisotopic (exact) mass is 471 g/mol. The number of sulfonamides is 1. The third-order valence-corrected chi connectivity index (χ3v) is 5.71. The number of nitrogens with two attached hydrogens (primary N) is 1. The summed E-state index contributed by atoms with van der Waals surface area (Å²) in [5, 5.41) is 13.6. The summed E-state index contributed by atoms with van der Waals surface area (Å²) in [6.45, 7) is 0. The van der Waals surface area contributed by atoms with Crippen LogP contribution in [0.25, 0.3) is 16.9 Å². The highest BCUT2D eigenvalue weighted by molar-refractivity contribution is 7.89. The van der Waals surface area contributed by atoms with E-state index < -0.39 is 21.8 Å². The number of primary sulfonamides is 1. The number of aryl methyl sites for hydroxylation is 1. The van der Waals surface area contributed by atoms with Crippen LogP contribution in [0.2, 0.25) is 0 Å². The van der Waals surface area contributed by atoms with Crippen molar-refractivity contribution in [2.45, 2.75) is 11.1 Å². The number of hydrogen-bond acceptors (Lipinski definition) is 4. The zero-order valence-electron chi connectivity index (χ0n) is 17.1. The predicted molar refractivity (Wildman–Crippen MR) is 115 cm³/mol. The van der Waals surface area contributed by atoms with Crippen LogP contribution < -0.4 is 5.14 Å². The molecular formula is C22H16F3N5O2S. The van der Waals surface area contributed by atoms with E-state index >= 15 is 0 Å². The molecule has 2 aromatic heterocycles. The van der Waals surface area contributed by atoms with Gasteiger partial charge in [-0.15, -0.1) is 0 Å². The van der Waals surface area contributed by atoms with Gasteiger partial charge in [-0.25, -0.2) is 18.2 Å². The standard InChI is InChI=1S/C22H16F3N5O2S/c1-29-21(16(12-27-29)5-2-15-3-10-20(11-4-15)33(26,31)32)17-13-28-30(14-17)19-8-6-18(7-9-19)22(23,24)25/h3-4,6-14H,1H3,(H2,26,31,32). The first-order chi connectivity index (χ1) is 15.5. The summed E-state index contributed by atoms with van der Waals surface area (Å²) < 4.78 is 64.2. The summed E-state index contributed by atoms with van der Waals surface area (Å²) in [4.78, 5) is -0.00852. The number of rotatable bonds is 3. The van der Waals surface area contributed by atoms with E-state index in [2.05, 4.69) is 22.0 Å². The van der Waals surface area contributed by atoms with Crippen molar-refractivity contribution in [2.75, 3.05) is 0 Å². The third-order valence-electron chi connectivity index (χ3n) is 4.78. The zero-order chi connectivity index (χ0) is 23.8. The van der Waals surface area contributed by atoms with Crippen molar-refractivity contribution in [1.29, 1.82) is 0 Å². The molecule has 11 heteroatoms. The second kappa shape index (κ2) is 8.23. The fourth-order valence-electron chi connectivity index (χ4n) is 3.13. The number of alkyl halides is 3. The van der Waals surface area contributed by atoms with E-state index in [0.717, 1.165) is 12.1 Å². The first kappa shape index (κ1) is 22.3. The van der Waals surface area contributed by atoms with Gasteiger partial charge in [0.15, 0.2) is 0 Å². The van der Waals surface area contributed by atoms with Crippen LogP contribution in [0.15, 0.2) is 72.0 Å². The molecule has 0 amide bonds. The molecule has 0 saturated heterocycles. The van der Waals surface area contributed by atoms with Gasteiger partial charge in [0.25, 0.3) is 0 Å². The minimum atomic E-state index is -4.41. The molecule has 0 atom stereocenters. The Morgan fingerprint density at radius 2 is 1.61 bits per heavy atom. The Labute approximate surface area is 187 Å². The first-order valence-corrected chi connectivity index (χ1v) is 11.0. The average Bonchev–Trinajstić information content (AvgIpc) is 3.38. The Morgan fingerprint density at radius 3 is 2.21 bits per heavy atom. The summed E-state index contributed by atoms with van der Waals surface area (Å²) in [6.07, 6.45) is 0.415. The van der Waals surface area contributed by atoms with Gasteiger partial charge < -0.3 is 0 Å². The van der Waals surface area contributed by atoms with Gasteiger partial charge in [-0.2, -0.15) is 23.4 Å². The largest absolute Gasteiger partial charge is 0.416 e. The van der Waals surface area contributed by atoms with Gasteiger partial charge in [-0.1, -0.05) is 11.8 Å². The molecule has 0 aliphatic heterocycles. The second-order valence-corrected chi connectivity index (χ2v) is 8.63. The summed E-state index contributed by atoms with van der Waals surface area (Å²) in [7, 11) is -2.05. The van der Waals surface area contributed by atoms with Crippen LogP contribution in [0, 0.1) is 11.8 Å². The van der Waals surface area contributed by atoms with Crippen LogP contribution in [0.4, 0.5) is 13.2 Å². The molecule has 33 heavy (non-hydrogen) atoms. The van der Waals surface area contributed by atoms with Gasteiger partial charge in [0.1, 0.15) is 0 Å². The molecule has 0 saturated carbocycles. The van der Waals surface area contributed by atoms with Crippen molar-refractivity contribution >= 4 is 10.0 Å². The van der Waals surface area contributed by atoms with Crippen LogP contribution in [0.1, 0.15) is 16.7 Å². The smallest absolute Gasteiger partial charge is 0.267 e. The van der Waals surface area contributed by atoms with E-state index in [0.29, 0.717) is 28.1 Å². The molecule has 0 radical (unpaired) electrons. The van der Waals surface area contributed by atoms with Crippen molar-refractivity contribution < 1.29 is 21.6 Å². The summed E-state index contributed by atoms with van der Waals surface area (Å²) in [5.41, 5.74) is 2.25. The number of benzene rings is 2. The Kier molecular flexibility index (Phi) is 5.57. The Hall–Kier alpha value is -3.88. The molecule has 2 N–H and O–H groups in total. The lowest BCUT2D eigenvalue weighted by molar-refractivity contribution is -0.137. The highest BCUT2D eigenvalue weighted by atomic mass is 32.2. The molecule has 0 unspecified atom stereocenters. The quantitative estimate of drug-likeness (QED) is 0.464. The second-order valence-electron chi connectivity index (χ2n) is 7.07. The number of hydrogen-bond donors (Lipinski definition) is 1. The molecule has 0 bridgehead atoms. The van der Waals surface area contributed by atoms with Gasteiger partial charge >= 0.3 is 6.18 Å². The van der Waals surface area contributed by atoms with E-state index in [1.807, 2.05) is 0 Å². The molecule has 0 aliphatic carbocycles. The van der Waals surface area contributed by atoms with Crippen molar-refractivity contribution in [3.05, 3.63) is 83.8 Å². The van der Waals surface area contributed by atoms with Crippen molar-refractivity contribution in [1.82, 2.24) is 19.6 Å². The van der Waals surface area contributed by atoms with E-state index in [9.17, 15) is 21.6 Å².